The molecule has 0 radical (unpaired) electrons. The monoisotopic (exact) mass is 240 g/mol. The van der Waals surface area contributed by atoms with Crippen molar-refractivity contribution in [3.05, 3.63) is 23.8 Å². The molecule has 1 rings (SSSR count). The number of nitrogens with zero attached hydrogens (tertiary/aromatic N) is 2. The summed E-state index contributed by atoms with van der Waals surface area (Å²) in [4.78, 5) is 33.9. The number of halogens is 2. The number of isocyanates is 1. The molecule has 1 aromatic rings. The molecule has 0 saturated carbocycles. The first-order chi connectivity index (χ1) is 7.97. The van der Waals surface area contributed by atoms with Crippen molar-refractivity contribution in [2.45, 2.75) is 6.92 Å². The van der Waals surface area contributed by atoms with Crippen molar-refractivity contribution in [3.8, 4) is 0 Å². The minimum atomic E-state index is -2.26. The van der Waals surface area contributed by atoms with Crippen molar-refractivity contribution >= 4 is 29.8 Å². The lowest BCUT2D eigenvalue weighted by Gasteiger charge is -2.14. The van der Waals surface area contributed by atoms with Gasteiger partial charge in [-0.05, 0) is 24.6 Å². The maximum Gasteiger partial charge on any atom is 0.413 e. The van der Waals surface area contributed by atoms with Crippen LogP contribution in [0.25, 0.3) is 0 Å². The lowest BCUT2D eigenvalue weighted by atomic mass is 10.1. The Morgan fingerprint density at radius 2 is 1.88 bits per heavy atom. The van der Waals surface area contributed by atoms with Crippen LogP contribution in [0.4, 0.5) is 29.7 Å². The van der Waals surface area contributed by atoms with E-state index in [1.54, 1.807) is 0 Å². The zero-order valence-electron chi connectivity index (χ0n) is 8.61. The van der Waals surface area contributed by atoms with Gasteiger partial charge >= 0.3 is 12.3 Å². The molecule has 0 aliphatic carbocycles. The zero-order valence-corrected chi connectivity index (χ0v) is 8.61. The average molecular weight is 240 g/mol. The maximum atomic E-state index is 12.5. The number of hydrogen-bond acceptors (Lipinski definition) is 4. The predicted molar refractivity (Wildman–Crippen MR) is 54.4 cm³/mol. The summed E-state index contributed by atoms with van der Waals surface area (Å²) < 4.78 is 25.0. The Bertz CT molecular complexity index is 510. The van der Waals surface area contributed by atoms with Crippen LogP contribution in [0, 0.1) is 6.92 Å². The van der Waals surface area contributed by atoms with Crippen LogP contribution >= 0.6 is 0 Å². The Morgan fingerprint density at radius 3 is 2.35 bits per heavy atom. The van der Waals surface area contributed by atoms with E-state index in [2.05, 4.69) is 4.99 Å². The van der Waals surface area contributed by atoms with E-state index in [1.807, 2.05) is 0 Å². The SMILES string of the molecule is Cc1ccc(N=C=O)cc1N(C(=O)F)C(=O)F. The van der Waals surface area contributed by atoms with Crippen LogP contribution in [0.2, 0.25) is 0 Å². The summed E-state index contributed by atoms with van der Waals surface area (Å²) >= 11 is 0. The van der Waals surface area contributed by atoms with Crippen molar-refractivity contribution < 1.29 is 23.2 Å². The number of aryl methyl sites for hydroxylation is 1. The molecule has 0 aliphatic heterocycles. The van der Waals surface area contributed by atoms with E-state index in [4.69, 9.17) is 0 Å². The second-order valence-electron chi connectivity index (χ2n) is 3.02. The van der Waals surface area contributed by atoms with E-state index in [1.165, 1.54) is 25.1 Å². The summed E-state index contributed by atoms with van der Waals surface area (Å²) in [5.74, 6) is 0. The quantitative estimate of drug-likeness (QED) is 0.345. The number of carbonyl (C=O) groups is 2. The molecule has 1 aromatic carbocycles. The van der Waals surface area contributed by atoms with Crippen molar-refractivity contribution in [3.63, 3.8) is 0 Å². The van der Waals surface area contributed by atoms with Gasteiger partial charge in [-0.1, -0.05) is 6.07 Å². The molecular weight excluding hydrogens is 234 g/mol. The molecule has 7 heteroatoms. The Kier molecular flexibility index (Phi) is 3.79. The molecule has 0 atom stereocenters. The number of carbonyl (C=O) groups excluding carboxylic acids is 3. The first kappa shape index (κ1) is 12.7. The molecule has 0 bridgehead atoms. The minimum absolute atomic E-state index is 0.0214. The van der Waals surface area contributed by atoms with Gasteiger partial charge in [0.2, 0.25) is 6.08 Å². The van der Waals surface area contributed by atoms with Gasteiger partial charge in [-0.3, -0.25) is 0 Å². The first-order valence-corrected chi connectivity index (χ1v) is 4.35. The van der Waals surface area contributed by atoms with Gasteiger partial charge in [0, 0.05) is 0 Å². The fourth-order valence-electron chi connectivity index (χ4n) is 1.22. The molecule has 0 aliphatic rings. The van der Waals surface area contributed by atoms with Crippen molar-refractivity contribution in [2.24, 2.45) is 4.99 Å². The Balaban J connectivity index is 3.36. The van der Waals surface area contributed by atoms with Crippen molar-refractivity contribution in [2.75, 3.05) is 4.90 Å². The van der Waals surface area contributed by atoms with E-state index in [0.29, 0.717) is 0 Å². The number of aliphatic imine (C=N–C) groups is 1. The molecule has 0 aromatic heterocycles. The summed E-state index contributed by atoms with van der Waals surface area (Å²) in [5.41, 5.74) is -0.0264. The second kappa shape index (κ2) is 5.09. The van der Waals surface area contributed by atoms with Crippen LogP contribution in [0.3, 0.4) is 0 Å². The van der Waals surface area contributed by atoms with Gasteiger partial charge < -0.3 is 0 Å². The molecule has 17 heavy (non-hydrogen) atoms. The van der Waals surface area contributed by atoms with E-state index >= 15 is 0 Å². The normalized spacial score (nSPS) is 9.35. The number of rotatable bonds is 2. The topological polar surface area (TPSA) is 66.8 Å². The summed E-state index contributed by atoms with van der Waals surface area (Å²) in [6, 6.07) is 3.74. The van der Waals surface area contributed by atoms with Gasteiger partial charge in [0.1, 0.15) is 0 Å². The smallest absolute Gasteiger partial charge is 0.233 e. The Morgan fingerprint density at radius 1 is 1.29 bits per heavy atom. The number of benzene rings is 1. The van der Waals surface area contributed by atoms with E-state index in [-0.39, 0.29) is 21.8 Å². The second-order valence-corrected chi connectivity index (χ2v) is 3.02. The first-order valence-electron chi connectivity index (χ1n) is 4.35. The summed E-state index contributed by atoms with van der Waals surface area (Å²) in [6.07, 6.45) is -3.29. The zero-order chi connectivity index (χ0) is 13.0. The fourth-order valence-corrected chi connectivity index (χ4v) is 1.22. The number of hydrogen-bond donors (Lipinski definition) is 0. The third-order valence-electron chi connectivity index (χ3n) is 1.96. The summed E-state index contributed by atoms with van der Waals surface area (Å²) in [6.45, 7) is 1.43. The van der Waals surface area contributed by atoms with Crippen LogP contribution in [-0.2, 0) is 4.79 Å². The highest BCUT2D eigenvalue weighted by Gasteiger charge is 2.24. The highest BCUT2D eigenvalue weighted by molar-refractivity contribution is 6.09. The number of anilines is 1. The molecule has 0 heterocycles. The fraction of sp³-hybridized carbons (Fsp3) is 0.100. The molecule has 0 saturated heterocycles. The number of amides is 2. The molecule has 0 fully saturated rings. The Hall–Kier alpha value is -2.40. The van der Waals surface area contributed by atoms with E-state index in [0.717, 1.165) is 6.07 Å². The van der Waals surface area contributed by atoms with E-state index in [9.17, 15) is 23.2 Å². The van der Waals surface area contributed by atoms with E-state index < -0.39 is 12.3 Å². The van der Waals surface area contributed by atoms with Gasteiger partial charge in [0.05, 0.1) is 11.4 Å². The van der Waals surface area contributed by atoms with Crippen LogP contribution < -0.4 is 4.90 Å². The molecule has 88 valence electrons. The number of imide groups is 1. The van der Waals surface area contributed by atoms with Gasteiger partial charge in [0.15, 0.2) is 0 Å². The molecule has 0 N–H and O–H groups in total. The molecule has 0 spiro atoms. The van der Waals surface area contributed by atoms with Crippen molar-refractivity contribution in [1.29, 1.82) is 0 Å². The minimum Gasteiger partial charge on any atom is -0.233 e. The van der Waals surface area contributed by atoms with Crippen molar-refractivity contribution in [1.82, 2.24) is 0 Å². The largest absolute Gasteiger partial charge is 0.413 e. The third kappa shape index (κ3) is 2.79. The summed E-state index contributed by atoms with van der Waals surface area (Å²) in [5, 5.41) is 0. The van der Waals surface area contributed by atoms with Crippen LogP contribution in [0.1, 0.15) is 5.56 Å². The van der Waals surface area contributed by atoms with Crippen LogP contribution in [0.5, 0.6) is 0 Å². The average Bonchev–Trinajstić information content (AvgIpc) is 2.22. The lowest BCUT2D eigenvalue weighted by Crippen LogP contribution is -2.30. The molecular formula is C10H6F2N2O3. The predicted octanol–water partition coefficient (Wildman–Crippen LogP) is 2.95. The molecule has 2 amide bonds. The Labute approximate surface area is 94.4 Å². The highest BCUT2D eigenvalue weighted by Crippen LogP contribution is 2.27. The molecule has 0 unspecified atom stereocenters. The molecule has 5 nitrogen and oxygen atoms in total. The van der Waals surface area contributed by atoms with Gasteiger partial charge in [-0.25, -0.2) is 14.4 Å². The van der Waals surface area contributed by atoms with Crippen LogP contribution in [-0.4, -0.2) is 18.4 Å². The van der Waals surface area contributed by atoms with Gasteiger partial charge in [-0.2, -0.15) is 9.89 Å². The lowest BCUT2D eigenvalue weighted by molar-refractivity contribution is 0.213. The maximum absolute atomic E-state index is 12.5. The standard InChI is InChI=1S/C10H6F2N2O3/c1-6-2-3-7(13-5-15)4-8(6)14(9(11)16)10(12)17/h2-4H,1H3. The van der Waals surface area contributed by atoms with Crippen LogP contribution in [0.15, 0.2) is 23.2 Å². The van der Waals surface area contributed by atoms with Gasteiger partial charge in [0.25, 0.3) is 0 Å². The summed E-state index contributed by atoms with van der Waals surface area (Å²) in [7, 11) is 0. The highest BCUT2D eigenvalue weighted by atomic mass is 19.2. The van der Waals surface area contributed by atoms with Gasteiger partial charge in [-0.15, -0.1) is 8.78 Å². The third-order valence-corrected chi connectivity index (χ3v) is 1.96.